The van der Waals surface area contributed by atoms with Crippen molar-refractivity contribution in [1.82, 2.24) is 10.2 Å². The van der Waals surface area contributed by atoms with Crippen molar-refractivity contribution in [2.45, 2.75) is 45.2 Å². The number of fused-ring (bicyclic) bond motifs is 1. The predicted molar refractivity (Wildman–Crippen MR) is 126 cm³/mol. The number of anilines is 1. The number of carbonyl (C=O) groups is 1. The van der Waals surface area contributed by atoms with Crippen LogP contribution in [0, 0.1) is 5.92 Å². The molecule has 0 saturated carbocycles. The van der Waals surface area contributed by atoms with Crippen LogP contribution in [0.5, 0.6) is 5.75 Å². The van der Waals surface area contributed by atoms with Gasteiger partial charge in [-0.05, 0) is 69.8 Å². The number of rotatable bonds is 7. The second-order valence-corrected chi connectivity index (χ2v) is 8.95. The molecule has 0 aliphatic carbocycles. The zero-order valence-corrected chi connectivity index (χ0v) is 19.0. The van der Waals surface area contributed by atoms with Crippen molar-refractivity contribution in [3.63, 3.8) is 0 Å². The van der Waals surface area contributed by atoms with Crippen LogP contribution in [0.4, 0.5) is 5.69 Å². The topological polar surface area (TPSA) is 44.8 Å². The lowest BCUT2D eigenvalue weighted by Crippen LogP contribution is -2.49. The van der Waals surface area contributed by atoms with Gasteiger partial charge in [-0.1, -0.05) is 36.4 Å². The average molecular weight is 422 g/mol. The maximum absolute atomic E-state index is 12.9. The van der Waals surface area contributed by atoms with Crippen LogP contribution in [0.2, 0.25) is 0 Å². The smallest absolute Gasteiger partial charge is 0.237 e. The van der Waals surface area contributed by atoms with E-state index in [2.05, 4.69) is 39.4 Å². The van der Waals surface area contributed by atoms with E-state index >= 15 is 0 Å². The van der Waals surface area contributed by atoms with Crippen molar-refractivity contribution in [1.29, 1.82) is 0 Å². The van der Waals surface area contributed by atoms with Gasteiger partial charge in [0.1, 0.15) is 5.75 Å². The molecule has 2 aromatic carbocycles. The predicted octanol–water partition coefficient (Wildman–Crippen LogP) is 4.04. The molecular weight excluding hydrogens is 386 g/mol. The van der Waals surface area contributed by atoms with E-state index in [-0.39, 0.29) is 18.0 Å². The fourth-order valence-electron chi connectivity index (χ4n) is 5.03. The summed E-state index contributed by atoms with van der Waals surface area (Å²) in [5.41, 5.74) is 3.91. The number of benzene rings is 2. The third-order valence-corrected chi connectivity index (χ3v) is 7.00. The van der Waals surface area contributed by atoms with Crippen molar-refractivity contribution < 1.29 is 9.53 Å². The Hall–Kier alpha value is -2.53. The van der Waals surface area contributed by atoms with E-state index in [4.69, 9.17) is 4.74 Å². The summed E-state index contributed by atoms with van der Waals surface area (Å²) in [7, 11) is 1.67. The molecule has 1 amide bonds. The van der Waals surface area contributed by atoms with Crippen molar-refractivity contribution in [3.8, 4) is 5.75 Å². The minimum Gasteiger partial charge on any atom is -0.496 e. The summed E-state index contributed by atoms with van der Waals surface area (Å²) < 4.78 is 5.45. The monoisotopic (exact) mass is 421 g/mol. The lowest BCUT2D eigenvalue weighted by atomic mass is 9.95. The molecule has 31 heavy (non-hydrogen) atoms. The molecule has 0 aromatic heterocycles. The van der Waals surface area contributed by atoms with E-state index in [9.17, 15) is 4.79 Å². The van der Waals surface area contributed by atoms with Crippen LogP contribution in [0.1, 0.15) is 43.9 Å². The van der Waals surface area contributed by atoms with Gasteiger partial charge in [-0.15, -0.1) is 0 Å². The minimum absolute atomic E-state index is 0.0844. The van der Waals surface area contributed by atoms with Gasteiger partial charge < -0.3 is 15.0 Å². The Morgan fingerprint density at radius 2 is 1.77 bits per heavy atom. The standard InChI is InChI=1S/C26H35N3O2/c1-19(23-9-5-7-11-25(23)31-3)27-26(30)20(2)28-15-12-21(13-16-28)18-29-17-14-22-8-4-6-10-24(22)29/h4-11,19-21H,12-18H2,1-3H3,(H,27,30). The quantitative estimate of drug-likeness (QED) is 0.733. The number of piperidine rings is 1. The number of para-hydroxylation sites is 2. The minimum atomic E-state index is -0.120. The first kappa shape index (κ1) is 21.7. The summed E-state index contributed by atoms with van der Waals surface area (Å²) in [5.74, 6) is 1.60. The highest BCUT2D eigenvalue weighted by Gasteiger charge is 2.29. The Balaban J connectivity index is 1.27. The molecule has 4 rings (SSSR count). The van der Waals surface area contributed by atoms with Crippen LogP contribution < -0.4 is 15.0 Å². The van der Waals surface area contributed by atoms with Crippen molar-refractivity contribution in [3.05, 3.63) is 59.7 Å². The summed E-state index contributed by atoms with van der Waals surface area (Å²) in [4.78, 5) is 17.8. The van der Waals surface area contributed by atoms with Gasteiger partial charge in [-0.2, -0.15) is 0 Å². The van der Waals surface area contributed by atoms with Gasteiger partial charge in [0.15, 0.2) is 0 Å². The molecule has 5 nitrogen and oxygen atoms in total. The van der Waals surface area contributed by atoms with Gasteiger partial charge in [0.05, 0.1) is 19.2 Å². The Kier molecular flexibility index (Phi) is 6.81. The fraction of sp³-hybridized carbons (Fsp3) is 0.500. The van der Waals surface area contributed by atoms with Crippen LogP contribution in [-0.2, 0) is 11.2 Å². The maximum Gasteiger partial charge on any atom is 0.237 e. The number of amides is 1. The molecule has 5 heteroatoms. The summed E-state index contributed by atoms with van der Waals surface area (Å²) in [6.45, 7) is 8.29. The molecule has 2 heterocycles. The van der Waals surface area contributed by atoms with Crippen LogP contribution in [0.15, 0.2) is 48.5 Å². The number of likely N-dealkylation sites (tertiary alicyclic amines) is 1. The largest absolute Gasteiger partial charge is 0.496 e. The number of carbonyl (C=O) groups excluding carboxylic acids is 1. The van der Waals surface area contributed by atoms with Crippen LogP contribution >= 0.6 is 0 Å². The third-order valence-electron chi connectivity index (χ3n) is 7.00. The molecule has 0 bridgehead atoms. The highest BCUT2D eigenvalue weighted by molar-refractivity contribution is 5.81. The lowest BCUT2D eigenvalue weighted by Gasteiger charge is -2.37. The fourth-order valence-corrected chi connectivity index (χ4v) is 5.03. The van der Waals surface area contributed by atoms with Crippen molar-refractivity contribution in [2.24, 2.45) is 5.92 Å². The van der Waals surface area contributed by atoms with Crippen LogP contribution in [0.25, 0.3) is 0 Å². The Labute approximate surface area is 186 Å². The number of nitrogens with one attached hydrogen (secondary N) is 1. The second kappa shape index (κ2) is 9.73. The molecule has 0 spiro atoms. The zero-order valence-electron chi connectivity index (χ0n) is 19.0. The molecule has 2 aromatic rings. The summed E-state index contributed by atoms with van der Waals surface area (Å²) in [5, 5.41) is 3.18. The first-order chi connectivity index (χ1) is 15.1. The molecule has 2 aliphatic heterocycles. The van der Waals surface area contributed by atoms with Crippen LogP contribution in [-0.4, -0.2) is 50.1 Å². The summed E-state index contributed by atoms with van der Waals surface area (Å²) in [6, 6.07) is 16.5. The summed E-state index contributed by atoms with van der Waals surface area (Å²) >= 11 is 0. The van der Waals surface area contributed by atoms with E-state index < -0.39 is 0 Å². The van der Waals surface area contributed by atoms with Gasteiger partial charge in [0, 0.05) is 24.3 Å². The van der Waals surface area contributed by atoms with E-state index in [1.165, 1.54) is 11.3 Å². The maximum atomic E-state index is 12.9. The number of nitrogens with zero attached hydrogens (tertiary/aromatic N) is 2. The van der Waals surface area contributed by atoms with E-state index in [0.29, 0.717) is 5.92 Å². The van der Waals surface area contributed by atoms with Gasteiger partial charge in [0.25, 0.3) is 0 Å². The number of hydrogen-bond donors (Lipinski definition) is 1. The molecule has 2 unspecified atom stereocenters. The second-order valence-electron chi connectivity index (χ2n) is 8.95. The Morgan fingerprint density at radius 3 is 2.55 bits per heavy atom. The van der Waals surface area contributed by atoms with Gasteiger partial charge in [-0.3, -0.25) is 9.69 Å². The SMILES string of the molecule is COc1ccccc1C(C)NC(=O)C(C)N1CCC(CN2CCc3ccccc32)CC1. The van der Waals surface area contributed by atoms with E-state index in [0.717, 1.165) is 56.8 Å². The molecule has 2 aliphatic rings. The summed E-state index contributed by atoms with van der Waals surface area (Å²) in [6.07, 6.45) is 3.47. The lowest BCUT2D eigenvalue weighted by molar-refractivity contribution is -0.127. The number of hydrogen-bond acceptors (Lipinski definition) is 4. The van der Waals surface area contributed by atoms with E-state index in [1.54, 1.807) is 7.11 Å². The van der Waals surface area contributed by atoms with E-state index in [1.807, 2.05) is 38.1 Å². The van der Waals surface area contributed by atoms with Gasteiger partial charge in [-0.25, -0.2) is 0 Å². The Bertz CT molecular complexity index is 892. The number of methoxy groups -OCH3 is 1. The molecule has 166 valence electrons. The zero-order chi connectivity index (χ0) is 21.8. The Morgan fingerprint density at radius 1 is 1.06 bits per heavy atom. The van der Waals surface area contributed by atoms with Crippen molar-refractivity contribution in [2.75, 3.05) is 38.2 Å². The molecule has 1 fully saturated rings. The van der Waals surface area contributed by atoms with Crippen LogP contribution in [0.3, 0.4) is 0 Å². The average Bonchev–Trinajstić information content (AvgIpc) is 3.21. The normalized spacial score (nSPS) is 19.0. The molecule has 1 saturated heterocycles. The highest BCUT2D eigenvalue weighted by Crippen LogP contribution is 2.30. The molecule has 1 N–H and O–H groups in total. The third kappa shape index (κ3) is 4.87. The molecular formula is C26H35N3O2. The first-order valence-electron chi connectivity index (χ1n) is 11.6. The first-order valence-corrected chi connectivity index (χ1v) is 11.6. The van der Waals surface area contributed by atoms with Gasteiger partial charge in [0.2, 0.25) is 5.91 Å². The number of ether oxygens (including phenoxy) is 1. The molecule has 0 radical (unpaired) electrons. The van der Waals surface area contributed by atoms with Gasteiger partial charge >= 0.3 is 0 Å². The molecule has 2 atom stereocenters. The highest BCUT2D eigenvalue weighted by atomic mass is 16.5. The van der Waals surface area contributed by atoms with Crippen molar-refractivity contribution >= 4 is 11.6 Å².